The molecule has 0 atom stereocenters. The molecule has 1 saturated heterocycles. The lowest BCUT2D eigenvalue weighted by Gasteiger charge is -2.36. The van der Waals surface area contributed by atoms with Crippen molar-refractivity contribution < 1.29 is 14.6 Å². The maximum atomic E-state index is 10.5. The van der Waals surface area contributed by atoms with Gasteiger partial charge in [-0.1, -0.05) is 11.6 Å². The first-order chi connectivity index (χ1) is 7.16. The molecule has 0 bridgehead atoms. The first-order valence-electron chi connectivity index (χ1n) is 4.28. The molecule has 0 radical (unpaired) electrons. The zero-order valence-electron chi connectivity index (χ0n) is 7.63. The van der Waals surface area contributed by atoms with Crippen LogP contribution in [0.1, 0.15) is 0 Å². The number of amides is 1. The summed E-state index contributed by atoms with van der Waals surface area (Å²) in [4.78, 5) is 19.4. The molecule has 0 aromatic carbocycles. The van der Waals surface area contributed by atoms with Gasteiger partial charge in [0.15, 0.2) is 5.15 Å². The number of hydrogen-bond acceptors (Lipinski definition) is 4. The predicted octanol–water partition coefficient (Wildman–Crippen LogP) is 0.871. The molecule has 0 saturated carbocycles. The number of aromatic nitrogens is 2. The fraction of sp³-hybridized carbons (Fsp3) is 0.375. The molecule has 0 unspecified atom stereocenters. The fourth-order valence-corrected chi connectivity index (χ4v) is 1.36. The van der Waals surface area contributed by atoms with E-state index in [4.69, 9.17) is 21.4 Å². The lowest BCUT2D eigenvalue weighted by molar-refractivity contribution is 0.0226. The van der Waals surface area contributed by atoms with E-state index in [9.17, 15) is 4.79 Å². The highest BCUT2D eigenvalue weighted by atomic mass is 35.5. The molecule has 0 aliphatic carbocycles. The molecule has 1 aromatic rings. The fourth-order valence-electron chi connectivity index (χ4n) is 1.21. The van der Waals surface area contributed by atoms with E-state index in [0.29, 0.717) is 13.1 Å². The maximum Gasteiger partial charge on any atom is 0.407 e. The first-order valence-corrected chi connectivity index (χ1v) is 4.65. The second-order valence-corrected chi connectivity index (χ2v) is 3.44. The maximum absolute atomic E-state index is 10.5. The molecule has 1 amide bonds. The van der Waals surface area contributed by atoms with Gasteiger partial charge in [0.1, 0.15) is 6.10 Å². The SMILES string of the molecule is O=C(O)N1CC(Oc2nccnc2Cl)C1. The van der Waals surface area contributed by atoms with Gasteiger partial charge >= 0.3 is 6.09 Å². The van der Waals surface area contributed by atoms with Gasteiger partial charge < -0.3 is 14.7 Å². The quantitative estimate of drug-likeness (QED) is 0.815. The van der Waals surface area contributed by atoms with Crippen LogP contribution >= 0.6 is 11.6 Å². The average Bonchev–Trinajstić information content (AvgIpc) is 2.12. The number of rotatable bonds is 2. The number of ether oxygens (including phenoxy) is 1. The molecule has 1 N–H and O–H groups in total. The lowest BCUT2D eigenvalue weighted by atomic mass is 10.2. The third-order valence-corrected chi connectivity index (χ3v) is 2.28. The summed E-state index contributed by atoms with van der Waals surface area (Å²) in [7, 11) is 0. The van der Waals surface area contributed by atoms with Crippen molar-refractivity contribution >= 4 is 17.7 Å². The lowest BCUT2D eigenvalue weighted by Crippen LogP contribution is -2.55. The van der Waals surface area contributed by atoms with E-state index >= 15 is 0 Å². The van der Waals surface area contributed by atoms with Crippen LogP contribution < -0.4 is 4.74 Å². The summed E-state index contributed by atoms with van der Waals surface area (Å²) in [6, 6.07) is 0. The third kappa shape index (κ3) is 2.10. The van der Waals surface area contributed by atoms with Crippen LogP contribution in [0.5, 0.6) is 5.88 Å². The second-order valence-electron chi connectivity index (χ2n) is 3.08. The highest BCUT2D eigenvalue weighted by Gasteiger charge is 2.32. The van der Waals surface area contributed by atoms with Crippen molar-refractivity contribution in [1.29, 1.82) is 0 Å². The minimum Gasteiger partial charge on any atom is -0.468 e. The minimum absolute atomic E-state index is 0.185. The van der Waals surface area contributed by atoms with Gasteiger partial charge in [0, 0.05) is 12.4 Å². The van der Waals surface area contributed by atoms with Crippen molar-refractivity contribution in [2.45, 2.75) is 6.10 Å². The number of nitrogens with zero attached hydrogens (tertiary/aromatic N) is 3. The second kappa shape index (κ2) is 3.90. The summed E-state index contributed by atoms with van der Waals surface area (Å²) in [6.07, 6.45) is 1.80. The van der Waals surface area contributed by atoms with Crippen LogP contribution in [0.3, 0.4) is 0 Å². The van der Waals surface area contributed by atoms with Gasteiger partial charge in [-0.2, -0.15) is 0 Å². The summed E-state index contributed by atoms with van der Waals surface area (Å²) in [5, 5.41) is 8.77. The monoisotopic (exact) mass is 229 g/mol. The number of hydrogen-bond donors (Lipinski definition) is 1. The molecular weight excluding hydrogens is 222 g/mol. The molecule has 1 aliphatic heterocycles. The molecule has 15 heavy (non-hydrogen) atoms. The van der Waals surface area contributed by atoms with Gasteiger partial charge in [0.05, 0.1) is 13.1 Å². The average molecular weight is 230 g/mol. The van der Waals surface area contributed by atoms with E-state index in [2.05, 4.69) is 9.97 Å². The van der Waals surface area contributed by atoms with Gasteiger partial charge in [0.25, 0.3) is 5.88 Å². The van der Waals surface area contributed by atoms with Crippen molar-refractivity contribution in [1.82, 2.24) is 14.9 Å². The molecule has 0 spiro atoms. The summed E-state index contributed by atoms with van der Waals surface area (Å²) in [5.41, 5.74) is 0. The number of carboxylic acid groups (broad SMARTS) is 1. The Hall–Kier alpha value is -1.56. The third-order valence-electron chi connectivity index (χ3n) is 2.02. The van der Waals surface area contributed by atoms with E-state index in [0.717, 1.165) is 0 Å². The Kier molecular flexibility index (Phi) is 2.59. The molecule has 1 aliphatic rings. The van der Waals surface area contributed by atoms with Gasteiger partial charge in [0.2, 0.25) is 0 Å². The number of halogens is 1. The minimum atomic E-state index is -0.944. The van der Waals surface area contributed by atoms with Gasteiger partial charge in [-0.15, -0.1) is 0 Å². The Labute approximate surface area is 90.5 Å². The smallest absolute Gasteiger partial charge is 0.407 e. The van der Waals surface area contributed by atoms with Crippen LogP contribution in [0.15, 0.2) is 12.4 Å². The van der Waals surface area contributed by atoms with Crippen LogP contribution in [0, 0.1) is 0 Å². The highest BCUT2D eigenvalue weighted by molar-refractivity contribution is 6.30. The predicted molar refractivity (Wildman–Crippen MR) is 51.1 cm³/mol. The topological polar surface area (TPSA) is 75.5 Å². The normalized spacial score (nSPS) is 15.9. The molecular formula is C8H8ClN3O3. The number of likely N-dealkylation sites (tertiary alicyclic amines) is 1. The summed E-state index contributed by atoms with van der Waals surface area (Å²) >= 11 is 5.72. The zero-order chi connectivity index (χ0) is 10.8. The first kappa shape index (κ1) is 9.97. The summed E-state index contributed by atoms with van der Waals surface area (Å²) < 4.78 is 5.35. The molecule has 2 heterocycles. The van der Waals surface area contributed by atoms with E-state index in [1.807, 2.05) is 0 Å². The molecule has 1 aromatic heterocycles. The van der Waals surface area contributed by atoms with Crippen LogP contribution in [0.2, 0.25) is 5.15 Å². The summed E-state index contributed by atoms with van der Waals surface area (Å²) in [6.45, 7) is 0.671. The largest absolute Gasteiger partial charge is 0.468 e. The van der Waals surface area contributed by atoms with Crippen molar-refractivity contribution in [2.75, 3.05) is 13.1 Å². The van der Waals surface area contributed by atoms with E-state index < -0.39 is 6.09 Å². The van der Waals surface area contributed by atoms with Gasteiger partial charge in [-0.25, -0.2) is 14.8 Å². The molecule has 1 fully saturated rings. The van der Waals surface area contributed by atoms with Crippen molar-refractivity contribution in [3.8, 4) is 5.88 Å². The summed E-state index contributed by atoms with van der Waals surface area (Å²) in [5.74, 6) is 0.245. The van der Waals surface area contributed by atoms with Gasteiger partial charge in [-0.3, -0.25) is 0 Å². The molecule has 6 nitrogen and oxygen atoms in total. The Morgan fingerprint density at radius 2 is 2.20 bits per heavy atom. The molecule has 2 rings (SSSR count). The van der Waals surface area contributed by atoms with Crippen molar-refractivity contribution in [3.63, 3.8) is 0 Å². The Morgan fingerprint density at radius 3 is 2.80 bits per heavy atom. The van der Waals surface area contributed by atoms with E-state index in [1.165, 1.54) is 17.3 Å². The Morgan fingerprint density at radius 1 is 1.53 bits per heavy atom. The van der Waals surface area contributed by atoms with Crippen molar-refractivity contribution in [2.24, 2.45) is 0 Å². The Bertz CT molecular complexity index is 381. The Balaban J connectivity index is 1.90. The standard InChI is InChI=1S/C8H8ClN3O3/c9-6-7(11-2-1-10-6)15-5-3-12(4-5)8(13)14/h1-2,5H,3-4H2,(H,13,14). The van der Waals surface area contributed by atoms with Crippen LogP contribution in [-0.4, -0.2) is 45.3 Å². The molecule has 80 valence electrons. The van der Waals surface area contributed by atoms with Crippen LogP contribution in [0.4, 0.5) is 4.79 Å². The highest BCUT2D eigenvalue weighted by Crippen LogP contribution is 2.21. The number of carbonyl (C=O) groups is 1. The zero-order valence-corrected chi connectivity index (χ0v) is 8.39. The van der Waals surface area contributed by atoms with E-state index in [-0.39, 0.29) is 17.1 Å². The van der Waals surface area contributed by atoms with Crippen LogP contribution in [-0.2, 0) is 0 Å². The van der Waals surface area contributed by atoms with Crippen LogP contribution in [0.25, 0.3) is 0 Å². The van der Waals surface area contributed by atoms with E-state index in [1.54, 1.807) is 0 Å². The molecule has 7 heteroatoms. The van der Waals surface area contributed by atoms with Gasteiger partial charge in [-0.05, 0) is 0 Å². The van der Waals surface area contributed by atoms with Crippen molar-refractivity contribution in [3.05, 3.63) is 17.5 Å².